The van der Waals surface area contributed by atoms with Crippen molar-refractivity contribution >= 4 is 34.4 Å². The van der Waals surface area contributed by atoms with Gasteiger partial charge < -0.3 is 5.32 Å². The van der Waals surface area contributed by atoms with Gasteiger partial charge in [-0.25, -0.2) is 9.50 Å². The predicted molar refractivity (Wildman–Crippen MR) is 131 cm³/mol. The van der Waals surface area contributed by atoms with Crippen molar-refractivity contribution in [2.24, 2.45) is 0 Å². The molecule has 2 aromatic carbocycles. The smallest absolute Gasteiger partial charge is 0.322 e. The van der Waals surface area contributed by atoms with E-state index in [9.17, 15) is 35.9 Å². The standard InChI is InChI=1S/C26H14F6N4O2S/c27-25(28,29)15-6-7-19(26(30,31)32)17(12-15)24(38)35-16-4-1-3-14(11-16)20-8-9-33-23-18(13-34-36(20)23)22(37)21-5-2-10-39-21/h1-13H,(H,35,38). The first-order chi connectivity index (χ1) is 18.4. The Bertz CT molecular complexity index is 1710. The monoisotopic (exact) mass is 560 g/mol. The summed E-state index contributed by atoms with van der Waals surface area (Å²) in [7, 11) is 0. The lowest BCUT2D eigenvalue weighted by atomic mass is 10.0. The third-order valence-corrected chi connectivity index (χ3v) is 6.57. The van der Waals surface area contributed by atoms with Gasteiger partial charge in [0.1, 0.15) is 0 Å². The Kier molecular flexibility index (Phi) is 6.46. The van der Waals surface area contributed by atoms with Crippen LogP contribution in [0.3, 0.4) is 0 Å². The van der Waals surface area contributed by atoms with Crippen molar-refractivity contribution in [2.75, 3.05) is 5.32 Å². The Balaban J connectivity index is 1.49. The highest BCUT2D eigenvalue weighted by atomic mass is 32.1. The minimum Gasteiger partial charge on any atom is -0.322 e. The number of amides is 1. The quantitative estimate of drug-likeness (QED) is 0.186. The van der Waals surface area contributed by atoms with Crippen LogP contribution in [0.25, 0.3) is 16.9 Å². The van der Waals surface area contributed by atoms with Gasteiger partial charge in [-0.3, -0.25) is 9.59 Å². The van der Waals surface area contributed by atoms with Crippen molar-refractivity contribution in [2.45, 2.75) is 12.4 Å². The van der Waals surface area contributed by atoms with E-state index < -0.39 is 35.0 Å². The average Bonchev–Trinajstić information content (AvgIpc) is 3.57. The van der Waals surface area contributed by atoms with Crippen molar-refractivity contribution in [3.8, 4) is 11.3 Å². The molecule has 0 radical (unpaired) electrons. The van der Waals surface area contributed by atoms with Gasteiger partial charge in [-0.2, -0.15) is 31.4 Å². The third kappa shape index (κ3) is 5.12. The van der Waals surface area contributed by atoms with E-state index >= 15 is 0 Å². The molecule has 3 aromatic heterocycles. The summed E-state index contributed by atoms with van der Waals surface area (Å²) in [6.07, 6.45) is -7.19. The van der Waals surface area contributed by atoms with Crippen LogP contribution in [-0.2, 0) is 12.4 Å². The summed E-state index contributed by atoms with van der Waals surface area (Å²) >= 11 is 1.26. The van der Waals surface area contributed by atoms with Crippen molar-refractivity contribution < 1.29 is 35.9 Å². The van der Waals surface area contributed by atoms with Gasteiger partial charge in [-0.05, 0) is 47.8 Å². The summed E-state index contributed by atoms with van der Waals surface area (Å²) in [5.41, 5.74) is -2.63. The fourth-order valence-corrected chi connectivity index (χ4v) is 4.60. The van der Waals surface area contributed by atoms with Crippen LogP contribution in [0.2, 0.25) is 0 Å². The Morgan fingerprint density at radius 2 is 1.67 bits per heavy atom. The number of alkyl halides is 6. The molecule has 0 fully saturated rings. The first-order valence-corrected chi connectivity index (χ1v) is 11.9. The maximum atomic E-state index is 13.5. The maximum absolute atomic E-state index is 13.5. The first kappa shape index (κ1) is 26.1. The number of nitrogens with one attached hydrogen (secondary N) is 1. The van der Waals surface area contributed by atoms with Gasteiger partial charge in [0.05, 0.1) is 39.0 Å². The summed E-state index contributed by atoms with van der Waals surface area (Å²) < 4.78 is 81.2. The number of fused-ring (bicyclic) bond motifs is 1. The lowest BCUT2D eigenvalue weighted by molar-refractivity contribution is -0.141. The molecule has 0 saturated heterocycles. The van der Waals surface area contributed by atoms with Crippen molar-refractivity contribution in [1.82, 2.24) is 14.6 Å². The number of anilines is 1. The van der Waals surface area contributed by atoms with Gasteiger partial charge in [0.25, 0.3) is 5.91 Å². The molecule has 0 atom stereocenters. The molecule has 1 N–H and O–H groups in total. The maximum Gasteiger partial charge on any atom is 0.417 e. The zero-order chi connectivity index (χ0) is 27.9. The second-order valence-corrected chi connectivity index (χ2v) is 9.17. The first-order valence-electron chi connectivity index (χ1n) is 11.0. The van der Waals surface area contributed by atoms with E-state index in [0.717, 1.165) is 0 Å². The predicted octanol–water partition coefficient (Wildman–Crippen LogP) is 6.98. The van der Waals surface area contributed by atoms with E-state index in [4.69, 9.17) is 0 Å². The van der Waals surface area contributed by atoms with Gasteiger partial charge in [0, 0.05) is 17.4 Å². The summed E-state index contributed by atoms with van der Waals surface area (Å²) in [6.45, 7) is 0. The van der Waals surface area contributed by atoms with E-state index in [1.165, 1.54) is 46.4 Å². The molecule has 0 aliphatic carbocycles. The number of carbonyl (C=O) groups excluding carboxylic acids is 2. The number of hydrogen-bond donors (Lipinski definition) is 1. The Morgan fingerprint density at radius 3 is 2.36 bits per heavy atom. The Morgan fingerprint density at radius 1 is 0.872 bits per heavy atom. The topological polar surface area (TPSA) is 76.4 Å². The van der Waals surface area contributed by atoms with Crippen LogP contribution in [0, 0.1) is 0 Å². The zero-order valence-corrected chi connectivity index (χ0v) is 20.2. The molecule has 0 aliphatic rings. The molecule has 0 aliphatic heterocycles. The number of aromatic nitrogens is 3. The average molecular weight is 560 g/mol. The summed E-state index contributed by atoms with van der Waals surface area (Å²) in [5, 5.41) is 8.26. The lowest BCUT2D eigenvalue weighted by Crippen LogP contribution is -2.20. The van der Waals surface area contributed by atoms with Crippen LogP contribution >= 0.6 is 11.3 Å². The molecule has 0 bridgehead atoms. The third-order valence-electron chi connectivity index (χ3n) is 5.70. The number of carbonyl (C=O) groups is 2. The molecule has 13 heteroatoms. The highest BCUT2D eigenvalue weighted by Crippen LogP contribution is 2.37. The number of thiophene rings is 1. The molecule has 0 spiro atoms. The molecule has 39 heavy (non-hydrogen) atoms. The molecule has 0 saturated carbocycles. The van der Waals surface area contributed by atoms with Crippen LogP contribution in [0.1, 0.15) is 36.7 Å². The van der Waals surface area contributed by atoms with E-state index in [1.54, 1.807) is 29.6 Å². The number of benzene rings is 2. The Labute approximate surface area is 219 Å². The fraction of sp³-hybridized carbons (Fsp3) is 0.0769. The van der Waals surface area contributed by atoms with Crippen molar-refractivity contribution in [3.05, 3.63) is 106 Å². The molecular formula is C26H14F6N4O2S. The summed E-state index contributed by atoms with van der Waals surface area (Å²) in [5.74, 6) is -1.64. The van der Waals surface area contributed by atoms with E-state index in [2.05, 4.69) is 15.4 Å². The normalized spacial score (nSPS) is 12.1. The van der Waals surface area contributed by atoms with Gasteiger partial charge in [0.2, 0.25) is 5.78 Å². The zero-order valence-electron chi connectivity index (χ0n) is 19.3. The molecule has 5 aromatic rings. The second-order valence-electron chi connectivity index (χ2n) is 8.22. The van der Waals surface area contributed by atoms with E-state index in [0.29, 0.717) is 16.1 Å². The minimum absolute atomic E-state index is 0.0232. The summed E-state index contributed by atoms with van der Waals surface area (Å²) in [4.78, 5) is 30.4. The fourth-order valence-electron chi connectivity index (χ4n) is 3.92. The van der Waals surface area contributed by atoms with Crippen LogP contribution in [0.4, 0.5) is 32.0 Å². The molecule has 6 nitrogen and oxygen atoms in total. The largest absolute Gasteiger partial charge is 0.417 e. The number of hydrogen-bond acceptors (Lipinski definition) is 5. The highest BCUT2D eigenvalue weighted by Gasteiger charge is 2.38. The SMILES string of the molecule is O=C(Nc1cccc(-c2ccnc3c(C(=O)c4cccs4)cnn23)c1)c1cc(C(F)(F)F)ccc1C(F)(F)F. The molecule has 0 unspecified atom stereocenters. The van der Waals surface area contributed by atoms with Crippen LogP contribution < -0.4 is 5.32 Å². The lowest BCUT2D eigenvalue weighted by Gasteiger charge is -2.16. The highest BCUT2D eigenvalue weighted by molar-refractivity contribution is 7.12. The molecular weight excluding hydrogens is 546 g/mol. The number of ketones is 1. The van der Waals surface area contributed by atoms with Crippen molar-refractivity contribution in [1.29, 1.82) is 0 Å². The number of rotatable bonds is 5. The van der Waals surface area contributed by atoms with Gasteiger partial charge >= 0.3 is 12.4 Å². The Hall–Kier alpha value is -4.52. The molecule has 5 rings (SSSR count). The summed E-state index contributed by atoms with van der Waals surface area (Å²) in [6, 6.07) is 11.6. The van der Waals surface area contributed by atoms with Gasteiger partial charge in [0.15, 0.2) is 5.65 Å². The molecule has 198 valence electrons. The van der Waals surface area contributed by atoms with Gasteiger partial charge in [-0.15, -0.1) is 11.3 Å². The second kappa shape index (κ2) is 9.66. The van der Waals surface area contributed by atoms with Gasteiger partial charge in [-0.1, -0.05) is 18.2 Å². The number of halogens is 6. The van der Waals surface area contributed by atoms with Crippen LogP contribution in [0.5, 0.6) is 0 Å². The van der Waals surface area contributed by atoms with Crippen LogP contribution in [-0.4, -0.2) is 26.3 Å². The number of nitrogens with zero attached hydrogens (tertiary/aromatic N) is 3. The van der Waals surface area contributed by atoms with Crippen molar-refractivity contribution in [3.63, 3.8) is 0 Å². The van der Waals surface area contributed by atoms with Crippen LogP contribution in [0.15, 0.2) is 78.4 Å². The molecule has 3 heterocycles. The van der Waals surface area contributed by atoms with E-state index in [1.807, 2.05) is 0 Å². The minimum atomic E-state index is -5.06. The van der Waals surface area contributed by atoms with E-state index in [-0.39, 0.29) is 40.9 Å². The molecule has 1 amide bonds.